The van der Waals surface area contributed by atoms with E-state index in [0.29, 0.717) is 24.5 Å². The first-order valence-corrected chi connectivity index (χ1v) is 12.0. The highest BCUT2D eigenvalue weighted by Crippen LogP contribution is 2.35. The molecule has 1 saturated carbocycles. The number of aliphatic hydroxyl groups excluding tert-OH is 1. The number of nitrogens with zero attached hydrogens (tertiary/aromatic N) is 2. The molecule has 174 valence electrons. The van der Waals surface area contributed by atoms with Gasteiger partial charge in [-0.15, -0.1) is 0 Å². The predicted octanol–water partition coefficient (Wildman–Crippen LogP) is 1.33. The summed E-state index contributed by atoms with van der Waals surface area (Å²) in [5, 5.41) is 18.5. The lowest BCUT2D eigenvalue weighted by atomic mass is 9.85. The Morgan fingerprint density at radius 3 is 2.84 bits per heavy atom. The molecule has 1 heterocycles. The molecule has 0 amide bonds. The molecule has 32 heavy (non-hydrogen) atoms. The molecule has 10 nitrogen and oxygen atoms in total. The number of rotatable bonds is 8. The molecule has 1 fully saturated rings. The Labute approximate surface area is 187 Å². The van der Waals surface area contributed by atoms with Crippen LogP contribution < -0.4 is 15.2 Å². The lowest BCUT2D eigenvalue weighted by Gasteiger charge is -2.33. The molecule has 5 atom stereocenters. The Bertz CT molecular complexity index is 1040. The normalized spacial score (nSPS) is 27.7. The van der Waals surface area contributed by atoms with Gasteiger partial charge < -0.3 is 19.9 Å². The fraction of sp³-hybridized carbons (Fsp3) is 0.524. The van der Waals surface area contributed by atoms with Crippen molar-refractivity contribution in [2.24, 2.45) is 11.1 Å². The van der Waals surface area contributed by atoms with Crippen LogP contribution in [-0.4, -0.2) is 55.5 Å². The lowest BCUT2D eigenvalue weighted by molar-refractivity contribution is 0.0735. The Kier molecular flexibility index (Phi) is 6.91. The number of methoxy groups -OCH3 is 1. The standard InChI is InChI=1S/C21H28N4O6S/c1-29-18-7-6-13-4-2-3-5-16(13)21(18)25-19-10-20(24-12-23-19)31-15-8-14(17(26)9-15)11-30-32(22,27)28/h2-5,10,12,14-15,17-18,21,26H,6-9,11H2,1H3,(H2,22,27,28)(H,23,24,25)/t14-,15+,17-,18?,21?/m0/s1. The Morgan fingerprint density at radius 1 is 1.25 bits per heavy atom. The van der Waals surface area contributed by atoms with E-state index in [-0.39, 0.29) is 30.8 Å². The minimum absolute atomic E-state index is 0.00814. The second-order valence-electron chi connectivity index (χ2n) is 8.19. The van der Waals surface area contributed by atoms with Crippen molar-refractivity contribution in [3.05, 3.63) is 47.8 Å². The van der Waals surface area contributed by atoms with Gasteiger partial charge in [-0.25, -0.2) is 15.1 Å². The highest BCUT2D eigenvalue weighted by molar-refractivity contribution is 7.84. The summed E-state index contributed by atoms with van der Waals surface area (Å²) in [5.41, 5.74) is 2.47. The van der Waals surface area contributed by atoms with Crippen molar-refractivity contribution in [1.29, 1.82) is 0 Å². The average molecular weight is 465 g/mol. The Balaban J connectivity index is 1.42. The summed E-state index contributed by atoms with van der Waals surface area (Å²) in [5.74, 6) is 0.580. The molecular weight excluding hydrogens is 436 g/mol. The van der Waals surface area contributed by atoms with Crippen LogP contribution in [0.5, 0.6) is 5.88 Å². The molecule has 4 rings (SSSR count). The maximum Gasteiger partial charge on any atom is 0.333 e. The minimum atomic E-state index is -4.05. The molecule has 1 aromatic carbocycles. The molecular formula is C21H28N4O6S. The third-order valence-electron chi connectivity index (χ3n) is 6.06. The molecule has 0 radical (unpaired) electrons. The number of ether oxygens (including phenoxy) is 2. The summed E-state index contributed by atoms with van der Waals surface area (Å²) in [6.45, 7) is -0.185. The monoisotopic (exact) mass is 464 g/mol. The van der Waals surface area contributed by atoms with Gasteiger partial charge in [0, 0.05) is 25.5 Å². The smallest absolute Gasteiger partial charge is 0.333 e. The molecule has 11 heteroatoms. The first kappa shape index (κ1) is 22.9. The zero-order valence-electron chi connectivity index (χ0n) is 17.8. The molecule has 0 spiro atoms. The second kappa shape index (κ2) is 9.67. The van der Waals surface area contributed by atoms with E-state index in [1.807, 2.05) is 12.1 Å². The summed E-state index contributed by atoms with van der Waals surface area (Å²) in [6, 6.07) is 9.94. The van der Waals surface area contributed by atoms with Crippen LogP contribution in [0.1, 0.15) is 36.4 Å². The van der Waals surface area contributed by atoms with Crippen LogP contribution in [0.3, 0.4) is 0 Å². The first-order valence-electron chi connectivity index (χ1n) is 10.5. The van der Waals surface area contributed by atoms with Crippen molar-refractivity contribution in [1.82, 2.24) is 9.97 Å². The van der Waals surface area contributed by atoms with Crippen LogP contribution in [0, 0.1) is 5.92 Å². The highest BCUT2D eigenvalue weighted by atomic mass is 32.2. The number of nitrogens with one attached hydrogen (secondary N) is 1. The largest absolute Gasteiger partial charge is 0.474 e. The summed E-state index contributed by atoms with van der Waals surface area (Å²) < 4.78 is 38.3. The summed E-state index contributed by atoms with van der Waals surface area (Å²) in [4.78, 5) is 8.51. The Morgan fingerprint density at radius 2 is 2.06 bits per heavy atom. The zero-order valence-corrected chi connectivity index (χ0v) is 18.6. The van der Waals surface area contributed by atoms with Gasteiger partial charge in [-0.05, 0) is 30.4 Å². The number of anilines is 1. The maximum atomic E-state index is 11.0. The van der Waals surface area contributed by atoms with Gasteiger partial charge in [0.1, 0.15) is 18.2 Å². The fourth-order valence-corrected chi connectivity index (χ4v) is 4.84. The number of nitrogens with two attached hydrogens (primary N) is 1. The number of aromatic nitrogens is 2. The predicted molar refractivity (Wildman–Crippen MR) is 116 cm³/mol. The third-order valence-corrected chi connectivity index (χ3v) is 6.52. The van der Waals surface area contributed by atoms with E-state index in [0.717, 1.165) is 12.8 Å². The van der Waals surface area contributed by atoms with E-state index in [2.05, 4.69) is 31.6 Å². The van der Waals surface area contributed by atoms with Crippen LogP contribution in [0.2, 0.25) is 0 Å². The maximum absolute atomic E-state index is 11.0. The molecule has 0 saturated heterocycles. The third kappa shape index (κ3) is 5.54. The van der Waals surface area contributed by atoms with E-state index < -0.39 is 16.4 Å². The van der Waals surface area contributed by atoms with Crippen molar-refractivity contribution in [2.45, 2.75) is 50.0 Å². The van der Waals surface area contributed by atoms with Gasteiger partial charge in [0.25, 0.3) is 0 Å². The highest BCUT2D eigenvalue weighted by Gasteiger charge is 2.36. The van der Waals surface area contributed by atoms with Crippen molar-refractivity contribution in [3.8, 4) is 5.88 Å². The SMILES string of the molecule is COC1CCc2ccccc2C1Nc1cc(O[C@@H]2C[C@@H](COS(N)(=O)=O)[C@@H](O)C2)ncn1. The number of hydrogen-bond donors (Lipinski definition) is 3. The van der Waals surface area contributed by atoms with Gasteiger partial charge in [-0.1, -0.05) is 24.3 Å². The zero-order chi connectivity index (χ0) is 22.7. The quantitative estimate of drug-likeness (QED) is 0.526. The summed E-state index contributed by atoms with van der Waals surface area (Å²) in [6.07, 6.45) is 2.98. The fourth-order valence-electron chi connectivity index (χ4n) is 4.48. The van der Waals surface area contributed by atoms with E-state index in [9.17, 15) is 13.5 Å². The van der Waals surface area contributed by atoms with Gasteiger partial charge in [-0.2, -0.15) is 8.42 Å². The molecule has 2 unspecified atom stereocenters. The average Bonchev–Trinajstić information content (AvgIpc) is 3.11. The van der Waals surface area contributed by atoms with E-state index in [4.69, 9.17) is 14.6 Å². The van der Waals surface area contributed by atoms with E-state index in [1.54, 1.807) is 13.2 Å². The van der Waals surface area contributed by atoms with Crippen molar-refractivity contribution < 1.29 is 27.2 Å². The van der Waals surface area contributed by atoms with Gasteiger partial charge in [0.15, 0.2) is 0 Å². The number of benzene rings is 1. The number of aryl methyl sites for hydroxylation is 1. The van der Waals surface area contributed by atoms with Crippen LogP contribution in [-0.2, 0) is 25.6 Å². The van der Waals surface area contributed by atoms with Crippen LogP contribution in [0.25, 0.3) is 0 Å². The molecule has 4 N–H and O–H groups in total. The molecule has 0 bridgehead atoms. The molecule has 0 aliphatic heterocycles. The van der Waals surface area contributed by atoms with E-state index in [1.165, 1.54) is 17.5 Å². The minimum Gasteiger partial charge on any atom is -0.474 e. The lowest BCUT2D eigenvalue weighted by Crippen LogP contribution is -2.32. The molecule has 2 aliphatic rings. The van der Waals surface area contributed by atoms with Crippen LogP contribution in [0.15, 0.2) is 36.7 Å². The van der Waals surface area contributed by atoms with E-state index >= 15 is 0 Å². The van der Waals surface area contributed by atoms with Gasteiger partial charge in [0.2, 0.25) is 5.88 Å². The van der Waals surface area contributed by atoms with Crippen molar-refractivity contribution in [2.75, 3.05) is 19.0 Å². The Hall–Kier alpha value is -2.31. The van der Waals surface area contributed by atoms with Gasteiger partial charge >= 0.3 is 10.3 Å². The molecule has 2 aromatic rings. The summed E-state index contributed by atoms with van der Waals surface area (Å²) >= 11 is 0. The van der Waals surface area contributed by atoms with Crippen molar-refractivity contribution in [3.63, 3.8) is 0 Å². The summed E-state index contributed by atoms with van der Waals surface area (Å²) in [7, 11) is -2.34. The van der Waals surface area contributed by atoms with Crippen molar-refractivity contribution >= 4 is 16.1 Å². The second-order valence-corrected chi connectivity index (χ2v) is 9.41. The molecule has 1 aromatic heterocycles. The van der Waals surface area contributed by atoms with Crippen LogP contribution in [0.4, 0.5) is 5.82 Å². The number of hydrogen-bond acceptors (Lipinski definition) is 9. The van der Waals surface area contributed by atoms with Gasteiger partial charge in [0.05, 0.1) is 24.9 Å². The number of fused-ring (bicyclic) bond motifs is 1. The topological polar surface area (TPSA) is 146 Å². The number of aliphatic hydroxyl groups is 1. The molecule has 2 aliphatic carbocycles. The first-order chi connectivity index (χ1) is 15.3. The van der Waals surface area contributed by atoms with Gasteiger partial charge in [-0.3, -0.25) is 4.18 Å². The van der Waals surface area contributed by atoms with Crippen LogP contribution >= 0.6 is 0 Å².